The maximum atomic E-state index is 10.9. The summed E-state index contributed by atoms with van der Waals surface area (Å²) in [5.41, 5.74) is 0. The number of amides is 1. The van der Waals surface area contributed by atoms with Gasteiger partial charge in [-0.25, -0.2) is 4.79 Å². The molecule has 0 saturated heterocycles. The van der Waals surface area contributed by atoms with Gasteiger partial charge in [0.25, 0.3) is 0 Å². The summed E-state index contributed by atoms with van der Waals surface area (Å²) >= 11 is 1.18. The van der Waals surface area contributed by atoms with E-state index in [1.165, 1.54) is 24.8 Å². The van der Waals surface area contributed by atoms with Crippen molar-refractivity contribution in [1.82, 2.24) is 5.32 Å². The molecule has 17 heavy (non-hydrogen) atoms. The van der Waals surface area contributed by atoms with Crippen LogP contribution in [0.4, 0.5) is 0 Å². The predicted octanol–water partition coefficient (Wildman–Crippen LogP) is 1.07. The maximum absolute atomic E-state index is 10.9. The molecular formula is C11H13NO4S. The number of aliphatic carboxylic acids is 1. The summed E-state index contributed by atoms with van der Waals surface area (Å²) in [7, 11) is 0. The number of para-hydroxylation sites is 1. The van der Waals surface area contributed by atoms with E-state index in [1.807, 2.05) is 0 Å². The lowest BCUT2D eigenvalue weighted by Crippen LogP contribution is -2.41. The smallest absolute Gasteiger partial charge is 0.327 e. The topological polar surface area (TPSA) is 86.6 Å². The Bertz CT molecular complexity index is 422. The molecule has 1 amide bonds. The fourth-order valence-electron chi connectivity index (χ4n) is 1.17. The number of thioether (sulfide) groups is 1. The number of carbonyl (C=O) groups is 2. The van der Waals surface area contributed by atoms with Gasteiger partial charge in [0.15, 0.2) is 0 Å². The number of carboxylic acid groups (broad SMARTS) is 1. The van der Waals surface area contributed by atoms with Crippen molar-refractivity contribution in [2.45, 2.75) is 17.9 Å². The Labute approximate surface area is 103 Å². The van der Waals surface area contributed by atoms with E-state index >= 15 is 0 Å². The summed E-state index contributed by atoms with van der Waals surface area (Å²) in [5.74, 6) is -1.23. The van der Waals surface area contributed by atoms with E-state index in [2.05, 4.69) is 5.32 Å². The van der Waals surface area contributed by atoms with Gasteiger partial charge in [-0.1, -0.05) is 12.1 Å². The maximum Gasteiger partial charge on any atom is 0.327 e. The van der Waals surface area contributed by atoms with E-state index in [9.17, 15) is 14.7 Å². The van der Waals surface area contributed by atoms with E-state index in [0.29, 0.717) is 4.90 Å². The second kappa shape index (κ2) is 6.15. The molecule has 0 heterocycles. The van der Waals surface area contributed by atoms with Crippen LogP contribution in [0.5, 0.6) is 5.75 Å². The van der Waals surface area contributed by atoms with Crippen LogP contribution in [0.2, 0.25) is 0 Å². The fourth-order valence-corrected chi connectivity index (χ4v) is 2.14. The van der Waals surface area contributed by atoms with Gasteiger partial charge < -0.3 is 15.5 Å². The number of hydrogen-bond acceptors (Lipinski definition) is 4. The van der Waals surface area contributed by atoms with Crippen LogP contribution >= 0.6 is 11.8 Å². The minimum absolute atomic E-state index is 0.101. The number of hydrogen-bond donors (Lipinski definition) is 3. The predicted molar refractivity (Wildman–Crippen MR) is 64.1 cm³/mol. The zero-order chi connectivity index (χ0) is 12.8. The van der Waals surface area contributed by atoms with E-state index in [4.69, 9.17) is 5.11 Å². The third-order valence-electron chi connectivity index (χ3n) is 1.95. The molecule has 0 saturated carbocycles. The number of phenols is 1. The van der Waals surface area contributed by atoms with E-state index in [0.717, 1.165) is 0 Å². The highest BCUT2D eigenvalue weighted by Gasteiger charge is 2.18. The molecule has 0 spiro atoms. The van der Waals surface area contributed by atoms with Gasteiger partial charge in [-0.3, -0.25) is 4.79 Å². The summed E-state index contributed by atoms with van der Waals surface area (Å²) in [6, 6.07) is 5.68. The summed E-state index contributed by atoms with van der Waals surface area (Å²) in [6.45, 7) is 1.26. The largest absolute Gasteiger partial charge is 0.507 e. The minimum Gasteiger partial charge on any atom is -0.507 e. The lowest BCUT2D eigenvalue weighted by Gasteiger charge is -2.12. The van der Waals surface area contributed by atoms with Gasteiger partial charge in [0.1, 0.15) is 11.8 Å². The number of carboxylic acids is 1. The van der Waals surface area contributed by atoms with Crippen LogP contribution in [0.3, 0.4) is 0 Å². The lowest BCUT2D eigenvalue weighted by molar-refractivity contribution is -0.140. The Hall–Kier alpha value is -1.69. The van der Waals surface area contributed by atoms with Crippen LogP contribution in [-0.4, -0.2) is 33.9 Å². The van der Waals surface area contributed by atoms with Crippen molar-refractivity contribution < 1.29 is 19.8 Å². The molecule has 1 unspecified atom stereocenters. The number of aromatic hydroxyl groups is 1. The molecule has 0 radical (unpaired) electrons. The van der Waals surface area contributed by atoms with Crippen LogP contribution in [0, 0.1) is 0 Å². The van der Waals surface area contributed by atoms with Gasteiger partial charge in [0, 0.05) is 17.6 Å². The molecule has 1 aromatic carbocycles. The molecule has 3 N–H and O–H groups in total. The third kappa shape index (κ3) is 4.36. The van der Waals surface area contributed by atoms with Gasteiger partial charge >= 0.3 is 5.97 Å². The normalized spacial score (nSPS) is 11.8. The molecule has 6 heteroatoms. The lowest BCUT2D eigenvalue weighted by atomic mass is 10.3. The molecular weight excluding hydrogens is 242 g/mol. The van der Waals surface area contributed by atoms with E-state index in [-0.39, 0.29) is 11.5 Å². The molecule has 1 rings (SSSR count). The third-order valence-corrected chi connectivity index (χ3v) is 3.10. The van der Waals surface area contributed by atoms with Gasteiger partial charge in [-0.05, 0) is 12.1 Å². The first-order valence-electron chi connectivity index (χ1n) is 4.91. The monoisotopic (exact) mass is 255 g/mol. The Morgan fingerprint density at radius 3 is 2.59 bits per heavy atom. The highest BCUT2D eigenvalue weighted by molar-refractivity contribution is 7.99. The van der Waals surface area contributed by atoms with Crippen molar-refractivity contribution in [3.05, 3.63) is 24.3 Å². The first-order valence-corrected chi connectivity index (χ1v) is 5.90. The average molecular weight is 255 g/mol. The average Bonchev–Trinajstić information content (AvgIpc) is 2.25. The molecule has 0 bridgehead atoms. The van der Waals surface area contributed by atoms with Gasteiger partial charge in [-0.2, -0.15) is 0 Å². The zero-order valence-corrected chi connectivity index (χ0v) is 10.0. The fraction of sp³-hybridized carbons (Fsp3) is 0.273. The Morgan fingerprint density at radius 1 is 1.41 bits per heavy atom. The van der Waals surface area contributed by atoms with E-state index < -0.39 is 17.9 Å². The van der Waals surface area contributed by atoms with Crippen molar-refractivity contribution in [2.24, 2.45) is 0 Å². The minimum atomic E-state index is -1.09. The van der Waals surface area contributed by atoms with Crippen molar-refractivity contribution in [2.75, 3.05) is 5.75 Å². The molecule has 0 aliphatic carbocycles. The highest BCUT2D eigenvalue weighted by Crippen LogP contribution is 2.27. The van der Waals surface area contributed by atoms with Crippen molar-refractivity contribution in [1.29, 1.82) is 0 Å². The number of rotatable bonds is 5. The van der Waals surface area contributed by atoms with E-state index in [1.54, 1.807) is 18.2 Å². The van der Waals surface area contributed by atoms with Crippen molar-refractivity contribution in [3.8, 4) is 5.75 Å². The Kier molecular flexibility index (Phi) is 4.84. The second-order valence-corrected chi connectivity index (χ2v) is 4.43. The van der Waals surface area contributed by atoms with Crippen LogP contribution in [-0.2, 0) is 9.59 Å². The molecule has 1 aromatic rings. The molecule has 92 valence electrons. The van der Waals surface area contributed by atoms with Crippen LogP contribution in [0.1, 0.15) is 6.92 Å². The number of benzene rings is 1. The summed E-state index contributed by atoms with van der Waals surface area (Å²) < 4.78 is 0. The molecule has 0 aliphatic rings. The van der Waals surface area contributed by atoms with Gasteiger partial charge in [0.05, 0.1) is 0 Å². The van der Waals surface area contributed by atoms with Crippen LogP contribution in [0.25, 0.3) is 0 Å². The summed E-state index contributed by atoms with van der Waals surface area (Å²) in [6.07, 6.45) is 0. The van der Waals surface area contributed by atoms with Crippen LogP contribution in [0.15, 0.2) is 29.2 Å². The quantitative estimate of drug-likeness (QED) is 0.685. The SMILES string of the molecule is CC(=O)NC(CSc1ccccc1O)C(=O)O. The highest BCUT2D eigenvalue weighted by atomic mass is 32.2. The summed E-state index contributed by atoms with van der Waals surface area (Å²) in [4.78, 5) is 22.2. The first kappa shape index (κ1) is 13.4. The number of phenolic OH excluding ortho intramolecular Hbond substituents is 1. The zero-order valence-electron chi connectivity index (χ0n) is 9.21. The first-order chi connectivity index (χ1) is 8.00. The van der Waals surface area contributed by atoms with Gasteiger partial charge in [0.2, 0.25) is 5.91 Å². The van der Waals surface area contributed by atoms with Crippen molar-refractivity contribution in [3.63, 3.8) is 0 Å². The molecule has 0 aromatic heterocycles. The Morgan fingerprint density at radius 2 is 2.06 bits per heavy atom. The number of carbonyl (C=O) groups excluding carboxylic acids is 1. The summed E-state index contributed by atoms with van der Waals surface area (Å²) in [5, 5.41) is 20.7. The molecule has 0 fully saturated rings. The van der Waals surface area contributed by atoms with Crippen LogP contribution < -0.4 is 5.32 Å². The molecule has 1 atom stereocenters. The molecule has 0 aliphatic heterocycles. The molecule has 5 nitrogen and oxygen atoms in total. The number of nitrogens with one attached hydrogen (secondary N) is 1. The second-order valence-electron chi connectivity index (χ2n) is 3.37. The van der Waals surface area contributed by atoms with Crippen molar-refractivity contribution >= 4 is 23.6 Å². The van der Waals surface area contributed by atoms with Gasteiger partial charge in [-0.15, -0.1) is 11.8 Å². The standard InChI is InChI=1S/C11H13NO4S/c1-7(13)12-8(11(15)16)6-17-10-5-3-2-4-9(10)14/h2-5,8,14H,6H2,1H3,(H,12,13)(H,15,16). The Balaban J connectivity index is 2.61.